The Kier molecular flexibility index (Phi) is 6.40. The first-order chi connectivity index (χ1) is 13.2. The van der Waals surface area contributed by atoms with E-state index in [9.17, 15) is 4.79 Å². The summed E-state index contributed by atoms with van der Waals surface area (Å²) in [6.45, 7) is 5.16. The van der Waals surface area contributed by atoms with Gasteiger partial charge in [0.15, 0.2) is 5.96 Å². The van der Waals surface area contributed by atoms with Crippen molar-refractivity contribution < 1.29 is 4.79 Å². The van der Waals surface area contributed by atoms with Crippen LogP contribution in [0, 0.1) is 5.92 Å². The zero-order valence-electron chi connectivity index (χ0n) is 15.7. The van der Waals surface area contributed by atoms with Gasteiger partial charge in [0.25, 0.3) is 0 Å². The quantitative estimate of drug-likeness (QED) is 0.591. The number of hydrogen-bond donors (Lipinski definition) is 2. The Balaban J connectivity index is 1.65. The Bertz CT molecular complexity index is 755. The van der Waals surface area contributed by atoms with E-state index in [4.69, 9.17) is 10.7 Å². The summed E-state index contributed by atoms with van der Waals surface area (Å²) >= 11 is 0. The number of nitrogens with zero attached hydrogens (tertiary/aromatic N) is 5. The summed E-state index contributed by atoms with van der Waals surface area (Å²) < 4.78 is 1.86. The molecule has 0 radical (unpaired) electrons. The zero-order valence-corrected chi connectivity index (χ0v) is 15.7. The van der Waals surface area contributed by atoms with Crippen LogP contribution in [0.1, 0.15) is 31.7 Å². The van der Waals surface area contributed by atoms with Crippen molar-refractivity contribution in [1.29, 1.82) is 0 Å². The molecule has 3 heterocycles. The maximum absolute atomic E-state index is 11.2. The van der Waals surface area contributed by atoms with Crippen LogP contribution in [-0.4, -0.2) is 50.9 Å². The first-order valence-corrected chi connectivity index (χ1v) is 9.40. The Labute approximate surface area is 159 Å². The fourth-order valence-electron chi connectivity index (χ4n) is 3.36. The number of aliphatic imine (C=N–C) groups is 1. The van der Waals surface area contributed by atoms with Crippen LogP contribution < -0.4 is 11.1 Å². The molecule has 0 aliphatic carbocycles. The number of primary amides is 1. The molecule has 2 aromatic rings. The predicted molar refractivity (Wildman–Crippen MR) is 104 cm³/mol. The number of carbonyl (C=O) groups excluding carboxylic acids is 1. The summed E-state index contributed by atoms with van der Waals surface area (Å²) in [5, 5.41) is 3.36. The Hall–Kier alpha value is -2.90. The lowest BCUT2D eigenvalue weighted by atomic mass is 9.95. The summed E-state index contributed by atoms with van der Waals surface area (Å²) in [6, 6.07) is 3.99. The molecule has 1 aliphatic heterocycles. The molecule has 1 fully saturated rings. The summed E-state index contributed by atoms with van der Waals surface area (Å²) in [5.74, 6) is 1.78. The van der Waals surface area contributed by atoms with Crippen LogP contribution in [0.5, 0.6) is 0 Å². The third-order valence-corrected chi connectivity index (χ3v) is 4.63. The van der Waals surface area contributed by atoms with E-state index in [0.717, 1.165) is 49.8 Å². The topological polar surface area (TPSA) is 101 Å². The first-order valence-electron chi connectivity index (χ1n) is 9.40. The lowest BCUT2D eigenvalue weighted by Crippen LogP contribution is -2.47. The van der Waals surface area contributed by atoms with Crippen LogP contribution in [0.3, 0.4) is 0 Å². The molecule has 144 valence electrons. The number of aromatic nitrogens is 3. The second-order valence-electron chi connectivity index (χ2n) is 6.79. The molecule has 0 aromatic carbocycles. The minimum atomic E-state index is -0.229. The van der Waals surface area contributed by atoms with Crippen molar-refractivity contribution in [3.63, 3.8) is 0 Å². The number of guanidine groups is 1. The van der Waals surface area contributed by atoms with Gasteiger partial charge in [0.1, 0.15) is 12.1 Å². The fourth-order valence-corrected chi connectivity index (χ4v) is 3.36. The van der Waals surface area contributed by atoms with Gasteiger partial charge in [-0.3, -0.25) is 9.36 Å². The third kappa shape index (κ3) is 5.29. The first kappa shape index (κ1) is 18.9. The van der Waals surface area contributed by atoms with Crippen LogP contribution in [0.4, 0.5) is 0 Å². The van der Waals surface area contributed by atoms with Crippen molar-refractivity contribution in [1.82, 2.24) is 24.8 Å². The molecule has 0 saturated carbocycles. The second-order valence-corrected chi connectivity index (χ2v) is 6.79. The molecule has 3 N–H and O–H groups in total. The normalized spacial score (nSPS) is 17.7. The highest BCUT2D eigenvalue weighted by Crippen LogP contribution is 2.19. The minimum absolute atomic E-state index is 0.229. The Morgan fingerprint density at radius 1 is 1.44 bits per heavy atom. The van der Waals surface area contributed by atoms with Crippen molar-refractivity contribution in [3.8, 4) is 5.82 Å². The summed E-state index contributed by atoms with van der Waals surface area (Å²) in [4.78, 5) is 26.7. The number of hydrogen-bond acceptors (Lipinski definition) is 4. The molecule has 8 nitrogen and oxygen atoms in total. The highest BCUT2D eigenvalue weighted by atomic mass is 16.1. The van der Waals surface area contributed by atoms with Crippen LogP contribution in [-0.2, 0) is 11.3 Å². The molecule has 3 rings (SSSR count). The number of imidazole rings is 1. The third-order valence-electron chi connectivity index (χ3n) is 4.63. The molecule has 27 heavy (non-hydrogen) atoms. The van der Waals surface area contributed by atoms with Gasteiger partial charge >= 0.3 is 0 Å². The lowest BCUT2D eigenvalue weighted by molar-refractivity contribution is -0.119. The van der Waals surface area contributed by atoms with Gasteiger partial charge < -0.3 is 16.0 Å². The van der Waals surface area contributed by atoms with E-state index in [1.807, 2.05) is 29.1 Å². The maximum atomic E-state index is 11.2. The van der Waals surface area contributed by atoms with Crippen molar-refractivity contribution in [2.45, 2.75) is 32.7 Å². The van der Waals surface area contributed by atoms with E-state index in [1.54, 1.807) is 12.5 Å². The van der Waals surface area contributed by atoms with Gasteiger partial charge in [-0.2, -0.15) is 0 Å². The average molecular weight is 369 g/mol. The van der Waals surface area contributed by atoms with Crippen LogP contribution in [0.15, 0.2) is 42.0 Å². The molecule has 1 saturated heterocycles. The minimum Gasteiger partial charge on any atom is -0.370 e. The van der Waals surface area contributed by atoms with Gasteiger partial charge in [-0.05, 0) is 37.3 Å². The molecule has 0 spiro atoms. The van der Waals surface area contributed by atoms with E-state index >= 15 is 0 Å². The second kappa shape index (κ2) is 9.16. The van der Waals surface area contributed by atoms with Gasteiger partial charge in [-0.1, -0.05) is 6.07 Å². The molecule has 8 heteroatoms. The zero-order chi connectivity index (χ0) is 19.1. The smallest absolute Gasteiger partial charge is 0.217 e. The molecule has 1 atom stereocenters. The number of likely N-dealkylation sites (tertiary alicyclic amines) is 1. The monoisotopic (exact) mass is 369 g/mol. The standard InChI is InChI=1S/C19H27N7O/c1-2-22-19(25-8-3-4-15(13-25)10-17(20)27)24-12-16-5-6-18(23-11-16)26-9-7-21-14-26/h5-7,9,11,14-15H,2-4,8,10,12-13H2,1H3,(H2,20,27)(H,22,24). The predicted octanol–water partition coefficient (Wildman–Crippen LogP) is 1.32. The summed E-state index contributed by atoms with van der Waals surface area (Å²) in [6.07, 6.45) is 9.68. The Morgan fingerprint density at radius 3 is 3.00 bits per heavy atom. The van der Waals surface area contributed by atoms with Gasteiger partial charge in [0.05, 0.1) is 6.54 Å². The Morgan fingerprint density at radius 2 is 2.33 bits per heavy atom. The van der Waals surface area contributed by atoms with Gasteiger partial charge in [-0.25, -0.2) is 15.0 Å². The highest BCUT2D eigenvalue weighted by molar-refractivity contribution is 5.80. The van der Waals surface area contributed by atoms with E-state index in [1.165, 1.54) is 0 Å². The van der Waals surface area contributed by atoms with Crippen molar-refractivity contribution in [2.24, 2.45) is 16.6 Å². The van der Waals surface area contributed by atoms with Gasteiger partial charge in [0.2, 0.25) is 5.91 Å². The molecular formula is C19H27N7O. The number of pyridine rings is 1. The summed E-state index contributed by atoms with van der Waals surface area (Å²) in [7, 11) is 0. The molecule has 0 bridgehead atoms. The van der Waals surface area contributed by atoms with Gasteiger partial charge in [-0.15, -0.1) is 0 Å². The highest BCUT2D eigenvalue weighted by Gasteiger charge is 2.23. The van der Waals surface area contributed by atoms with Crippen molar-refractivity contribution in [2.75, 3.05) is 19.6 Å². The molecule has 1 unspecified atom stereocenters. The van der Waals surface area contributed by atoms with E-state index < -0.39 is 0 Å². The maximum Gasteiger partial charge on any atom is 0.217 e. The van der Waals surface area contributed by atoms with Crippen LogP contribution >= 0.6 is 0 Å². The van der Waals surface area contributed by atoms with E-state index in [-0.39, 0.29) is 5.91 Å². The van der Waals surface area contributed by atoms with Crippen molar-refractivity contribution in [3.05, 3.63) is 42.6 Å². The lowest BCUT2D eigenvalue weighted by Gasteiger charge is -2.34. The van der Waals surface area contributed by atoms with Gasteiger partial charge in [0, 0.05) is 44.6 Å². The SMILES string of the molecule is CCNC(=NCc1ccc(-n2ccnc2)nc1)N1CCCC(CC(N)=O)C1. The number of carbonyl (C=O) groups is 1. The van der Waals surface area contributed by atoms with E-state index in [0.29, 0.717) is 18.9 Å². The molecular weight excluding hydrogens is 342 g/mol. The number of nitrogens with one attached hydrogen (secondary N) is 1. The fraction of sp³-hybridized carbons (Fsp3) is 0.474. The number of nitrogens with two attached hydrogens (primary N) is 1. The molecule has 1 amide bonds. The van der Waals surface area contributed by atoms with Crippen LogP contribution in [0.25, 0.3) is 5.82 Å². The molecule has 1 aliphatic rings. The summed E-state index contributed by atoms with van der Waals surface area (Å²) in [5.41, 5.74) is 6.41. The van der Waals surface area contributed by atoms with Crippen molar-refractivity contribution >= 4 is 11.9 Å². The number of piperidine rings is 1. The van der Waals surface area contributed by atoms with E-state index in [2.05, 4.69) is 27.1 Å². The largest absolute Gasteiger partial charge is 0.370 e. The number of amides is 1. The average Bonchev–Trinajstić information content (AvgIpc) is 3.20. The number of rotatable bonds is 6. The van der Waals surface area contributed by atoms with Crippen LogP contribution in [0.2, 0.25) is 0 Å². The molecule has 2 aromatic heterocycles.